The van der Waals surface area contributed by atoms with E-state index in [4.69, 9.17) is 9.47 Å². The highest BCUT2D eigenvalue weighted by molar-refractivity contribution is 5.91. The summed E-state index contributed by atoms with van der Waals surface area (Å²) in [6.45, 7) is 4.53. The van der Waals surface area contributed by atoms with Crippen molar-refractivity contribution in [1.82, 2.24) is 5.32 Å². The van der Waals surface area contributed by atoms with Crippen LogP contribution in [0.1, 0.15) is 11.1 Å². The largest absolute Gasteiger partial charge is 0.497 e. The quantitative estimate of drug-likeness (QED) is 0.596. The Morgan fingerprint density at radius 2 is 1.96 bits per heavy atom. The minimum Gasteiger partial charge on any atom is -0.497 e. The van der Waals surface area contributed by atoms with Crippen LogP contribution < -0.4 is 14.8 Å². The molecule has 24 heavy (non-hydrogen) atoms. The lowest BCUT2D eigenvalue weighted by Crippen LogP contribution is -2.20. The summed E-state index contributed by atoms with van der Waals surface area (Å²) in [5.41, 5.74) is 1.91. The van der Waals surface area contributed by atoms with E-state index < -0.39 is 0 Å². The van der Waals surface area contributed by atoms with Crippen LogP contribution in [0.15, 0.2) is 67.3 Å². The molecule has 124 valence electrons. The van der Waals surface area contributed by atoms with Gasteiger partial charge in [0, 0.05) is 12.6 Å². The van der Waals surface area contributed by atoms with Crippen molar-refractivity contribution < 1.29 is 14.3 Å². The van der Waals surface area contributed by atoms with Gasteiger partial charge in [0.2, 0.25) is 5.91 Å². The van der Waals surface area contributed by atoms with Crippen molar-refractivity contribution in [1.29, 1.82) is 0 Å². The standard InChI is InChI=1S/C20H21NO3/c1-3-13-24-18-10-7-16(8-11-18)9-12-20(22)21-15-17-5-4-6-19(14-17)23-2/h3-12,14H,1,13,15H2,2H3,(H,21,22)/b12-9+. The van der Waals surface area contributed by atoms with Crippen molar-refractivity contribution in [3.8, 4) is 11.5 Å². The summed E-state index contributed by atoms with van der Waals surface area (Å²) in [5.74, 6) is 1.40. The molecule has 1 N–H and O–H groups in total. The predicted octanol–water partition coefficient (Wildman–Crippen LogP) is 3.59. The summed E-state index contributed by atoms with van der Waals surface area (Å²) in [6, 6.07) is 15.1. The average Bonchev–Trinajstić information content (AvgIpc) is 2.64. The molecular formula is C20H21NO3. The number of carbonyl (C=O) groups excluding carboxylic acids is 1. The molecular weight excluding hydrogens is 302 g/mol. The van der Waals surface area contributed by atoms with Gasteiger partial charge in [-0.25, -0.2) is 0 Å². The number of carbonyl (C=O) groups is 1. The van der Waals surface area contributed by atoms with Crippen LogP contribution in [0.4, 0.5) is 0 Å². The highest BCUT2D eigenvalue weighted by Gasteiger charge is 1.99. The van der Waals surface area contributed by atoms with E-state index in [2.05, 4.69) is 11.9 Å². The van der Waals surface area contributed by atoms with Crippen LogP contribution in [-0.2, 0) is 11.3 Å². The molecule has 0 saturated carbocycles. The number of ether oxygens (including phenoxy) is 2. The van der Waals surface area contributed by atoms with E-state index in [1.54, 1.807) is 19.3 Å². The molecule has 0 aliphatic heterocycles. The molecule has 0 aliphatic rings. The maximum Gasteiger partial charge on any atom is 0.244 e. The molecule has 0 aliphatic carbocycles. The van der Waals surface area contributed by atoms with Crippen LogP contribution in [0.3, 0.4) is 0 Å². The maximum atomic E-state index is 11.9. The van der Waals surface area contributed by atoms with E-state index in [0.29, 0.717) is 13.2 Å². The number of benzene rings is 2. The van der Waals surface area contributed by atoms with Gasteiger partial charge in [-0.15, -0.1) is 0 Å². The lowest BCUT2D eigenvalue weighted by Gasteiger charge is -2.05. The first-order chi connectivity index (χ1) is 11.7. The number of hydrogen-bond acceptors (Lipinski definition) is 3. The van der Waals surface area contributed by atoms with Gasteiger partial charge in [0.05, 0.1) is 7.11 Å². The van der Waals surface area contributed by atoms with Crippen LogP contribution in [0.25, 0.3) is 6.08 Å². The smallest absolute Gasteiger partial charge is 0.244 e. The molecule has 2 rings (SSSR count). The van der Waals surface area contributed by atoms with E-state index in [1.807, 2.05) is 48.5 Å². The van der Waals surface area contributed by atoms with Gasteiger partial charge in [0.1, 0.15) is 18.1 Å². The van der Waals surface area contributed by atoms with Crippen molar-refractivity contribution in [3.05, 3.63) is 78.4 Å². The minimum atomic E-state index is -0.148. The Morgan fingerprint density at radius 1 is 1.17 bits per heavy atom. The third-order valence-corrected chi connectivity index (χ3v) is 3.28. The third kappa shape index (κ3) is 5.65. The zero-order chi connectivity index (χ0) is 17.2. The normalized spacial score (nSPS) is 10.4. The fourth-order valence-electron chi connectivity index (χ4n) is 2.03. The van der Waals surface area contributed by atoms with E-state index in [9.17, 15) is 4.79 Å². The topological polar surface area (TPSA) is 47.6 Å². The van der Waals surface area contributed by atoms with Crippen molar-refractivity contribution in [2.24, 2.45) is 0 Å². The Hall–Kier alpha value is -3.01. The van der Waals surface area contributed by atoms with Crippen molar-refractivity contribution >= 4 is 12.0 Å². The highest BCUT2D eigenvalue weighted by atomic mass is 16.5. The molecule has 0 bridgehead atoms. The van der Waals surface area contributed by atoms with E-state index in [0.717, 1.165) is 22.6 Å². The lowest BCUT2D eigenvalue weighted by atomic mass is 10.2. The summed E-state index contributed by atoms with van der Waals surface area (Å²) in [4.78, 5) is 11.9. The molecule has 0 spiro atoms. The van der Waals surface area contributed by atoms with Crippen LogP contribution in [0.5, 0.6) is 11.5 Å². The molecule has 0 saturated heterocycles. The number of rotatable bonds is 8. The van der Waals surface area contributed by atoms with Gasteiger partial charge in [-0.05, 0) is 41.5 Å². The van der Waals surface area contributed by atoms with Gasteiger partial charge in [0.25, 0.3) is 0 Å². The van der Waals surface area contributed by atoms with E-state index >= 15 is 0 Å². The first-order valence-corrected chi connectivity index (χ1v) is 7.64. The van der Waals surface area contributed by atoms with Crippen LogP contribution >= 0.6 is 0 Å². The fraction of sp³-hybridized carbons (Fsp3) is 0.150. The summed E-state index contributed by atoms with van der Waals surface area (Å²) < 4.78 is 10.6. The van der Waals surface area contributed by atoms with Gasteiger partial charge in [0.15, 0.2) is 0 Å². The van der Waals surface area contributed by atoms with Gasteiger partial charge in [-0.2, -0.15) is 0 Å². The summed E-state index contributed by atoms with van der Waals surface area (Å²) in [6.07, 6.45) is 4.97. The van der Waals surface area contributed by atoms with Crippen molar-refractivity contribution in [2.45, 2.75) is 6.54 Å². The van der Waals surface area contributed by atoms with Gasteiger partial charge in [-0.3, -0.25) is 4.79 Å². The molecule has 4 heteroatoms. The van der Waals surface area contributed by atoms with Gasteiger partial charge < -0.3 is 14.8 Å². The Balaban J connectivity index is 1.84. The first-order valence-electron chi connectivity index (χ1n) is 7.64. The Kier molecular flexibility index (Phi) is 6.65. The Morgan fingerprint density at radius 3 is 2.67 bits per heavy atom. The summed E-state index contributed by atoms with van der Waals surface area (Å²) >= 11 is 0. The summed E-state index contributed by atoms with van der Waals surface area (Å²) in [7, 11) is 1.62. The maximum absolute atomic E-state index is 11.9. The summed E-state index contributed by atoms with van der Waals surface area (Å²) in [5, 5.41) is 2.84. The molecule has 4 nitrogen and oxygen atoms in total. The van der Waals surface area contributed by atoms with Gasteiger partial charge in [-0.1, -0.05) is 36.9 Å². The molecule has 0 unspecified atom stereocenters. The zero-order valence-electron chi connectivity index (χ0n) is 13.7. The first kappa shape index (κ1) is 17.3. The second-order valence-corrected chi connectivity index (χ2v) is 5.07. The molecule has 0 radical (unpaired) electrons. The van der Waals surface area contributed by atoms with Crippen LogP contribution in [0, 0.1) is 0 Å². The third-order valence-electron chi connectivity index (χ3n) is 3.28. The van der Waals surface area contributed by atoms with Crippen molar-refractivity contribution in [2.75, 3.05) is 13.7 Å². The molecule has 0 fully saturated rings. The SMILES string of the molecule is C=CCOc1ccc(/C=C/C(=O)NCc2cccc(OC)c2)cc1. The minimum absolute atomic E-state index is 0.148. The van der Waals surface area contributed by atoms with Crippen LogP contribution in [-0.4, -0.2) is 19.6 Å². The Labute approximate surface area is 142 Å². The number of methoxy groups -OCH3 is 1. The van der Waals surface area contributed by atoms with Crippen LogP contribution in [0.2, 0.25) is 0 Å². The fourth-order valence-corrected chi connectivity index (χ4v) is 2.03. The zero-order valence-corrected chi connectivity index (χ0v) is 13.7. The molecule has 1 amide bonds. The molecule has 0 atom stereocenters. The second kappa shape index (κ2) is 9.20. The highest BCUT2D eigenvalue weighted by Crippen LogP contribution is 2.14. The predicted molar refractivity (Wildman–Crippen MR) is 96.0 cm³/mol. The van der Waals surface area contributed by atoms with Crippen molar-refractivity contribution in [3.63, 3.8) is 0 Å². The lowest BCUT2D eigenvalue weighted by molar-refractivity contribution is -0.116. The number of hydrogen-bond donors (Lipinski definition) is 1. The molecule has 0 aromatic heterocycles. The number of amides is 1. The molecule has 2 aromatic carbocycles. The Bertz CT molecular complexity index is 705. The number of nitrogens with one attached hydrogen (secondary N) is 1. The average molecular weight is 323 g/mol. The second-order valence-electron chi connectivity index (χ2n) is 5.07. The molecule has 2 aromatic rings. The van der Waals surface area contributed by atoms with E-state index in [1.165, 1.54) is 6.08 Å². The molecule has 0 heterocycles. The monoisotopic (exact) mass is 323 g/mol. The van der Waals surface area contributed by atoms with Gasteiger partial charge >= 0.3 is 0 Å². The van der Waals surface area contributed by atoms with E-state index in [-0.39, 0.29) is 5.91 Å².